The van der Waals surface area contributed by atoms with E-state index in [-0.39, 0.29) is 29.0 Å². The van der Waals surface area contributed by atoms with E-state index in [1.54, 1.807) is 19.9 Å². The number of aliphatic hydroxyl groups is 1. The minimum atomic E-state index is -1.04. The van der Waals surface area contributed by atoms with Crippen LogP contribution in [0.5, 0.6) is 0 Å². The van der Waals surface area contributed by atoms with Gasteiger partial charge < -0.3 is 19.7 Å². The quantitative estimate of drug-likeness (QED) is 0.638. The van der Waals surface area contributed by atoms with Gasteiger partial charge in [-0.25, -0.2) is 4.79 Å². The van der Waals surface area contributed by atoms with Crippen molar-refractivity contribution in [2.45, 2.75) is 83.4 Å². The van der Waals surface area contributed by atoms with Crippen LogP contribution in [0.4, 0.5) is 0 Å². The fraction of sp³-hybridized carbons (Fsp3) is 0.750. The molecule has 0 aromatic rings. The van der Waals surface area contributed by atoms with Crippen LogP contribution < -0.4 is 0 Å². The number of fused-ring (bicyclic) bond motifs is 6. The zero-order valence-corrected chi connectivity index (χ0v) is 18.2. The van der Waals surface area contributed by atoms with Crippen LogP contribution >= 0.6 is 0 Å². The van der Waals surface area contributed by atoms with Crippen LogP contribution in [0.1, 0.15) is 59.8 Å². The molecule has 0 radical (unpaired) electrons. The molecule has 6 heteroatoms. The molecule has 164 valence electrons. The summed E-state index contributed by atoms with van der Waals surface area (Å²) in [5, 5.41) is 21.5. The number of carbonyl (C=O) groups excluding carboxylic acids is 1. The summed E-state index contributed by atoms with van der Waals surface area (Å²) in [5.74, 6) is -1.38. The molecule has 2 saturated carbocycles. The van der Waals surface area contributed by atoms with Gasteiger partial charge in [-0.1, -0.05) is 31.6 Å². The molecule has 3 fully saturated rings. The number of hydrogen-bond donors (Lipinski definition) is 2. The highest BCUT2D eigenvalue weighted by Gasteiger charge is 2.73. The van der Waals surface area contributed by atoms with Crippen molar-refractivity contribution < 1.29 is 29.3 Å². The Morgan fingerprint density at radius 1 is 1.23 bits per heavy atom. The number of carboxylic acids is 1. The number of carbonyl (C=O) groups is 2. The number of carboxylic acid groups (broad SMARTS) is 1. The van der Waals surface area contributed by atoms with Gasteiger partial charge in [-0.05, 0) is 57.4 Å². The van der Waals surface area contributed by atoms with Gasteiger partial charge in [-0.15, -0.1) is 0 Å². The predicted octanol–water partition coefficient (Wildman–Crippen LogP) is 3.24. The standard InChI is InChI=1S/C24H32O6/c1-21(2)29-19(20(27)28)24(30-21)10-8-16-15-6-5-13-11-14(25)7-9-22(13,3)18(15)17(26)12-23(16,24)4/h5,7,9,15-19,26H,6,8,10-12H2,1-4H3,(H,27,28)/t15?,16?,17?,18?,19-,22?,23?,24-/m0/s1. The second-order valence-electron chi connectivity index (χ2n) is 11.0. The molecule has 5 rings (SSSR count). The molecule has 5 aliphatic rings. The molecule has 8 atom stereocenters. The summed E-state index contributed by atoms with van der Waals surface area (Å²) in [6.07, 6.45) is 7.44. The number of hydrogen-bond acceptors (Lipinski definition) is 5. The smallest absolute Gasteiger partial charge is 0.336 e. The van der Waals surface area contributed by atoms with E-state index in [0.29, 0.717) is 19.3 Å². The van der Waals surface area contributed by atoms with Crippen molar-refractivity contribution in [3.05, 3.63) is 23.8 Å². The lowest BCUT2D eigenvalue weighted by Gasteiger charge is -2.59. The lowest BCUT2D eigenvalue weighted by Crippen LogP contribution is -2.62. The molecule has 1 aliphatic heterocycles. The van der Waals surface area contributed by atoms with Crippen molar-refractivity contribution in [3.63, 3.8) is 0 Å². The summed E-state index contributed by atoms with van der Waals surface area (Å²) >= 11 is 0. The monoisotopic (exact) mass is 416 g/mol. The number of aliphatic carboxylic acids is 1. The Kier molecular flexibility index (Phi) is 4.11. The largest absolute Gasteiger partial charge is 0.479 e. The van der Waals surface area contributed by atoms with Crippen LogP contribution in [-0.4, -0.2) is 45.6 Å². The Morgan fingerprint density at radius 2 is 1.97 bits per heavy atom. The van der Waals surface area contributed by atoms with Gasteiger partial charge >= 0.3 is 5.97 Å². The molecule has 0 bridgehead atoms. The summed E-state index contributed by atoms with van der Waals surface area (Å²) in [5.41, 5.74) is -0.648. The van der Waals surface area contributed by atoms with E-state index >= 15 is 0 Å². The third-order valence-electron chi connectivity index (χ3n) is 9.12. The van der Waals surface area contributed by atoms with Gasteiger partial charge in [0.2, 0.25) is 0 Å². The topological polar surface area (TPSA) is 93.1 Å². The average Bonchev–Trinajstić information content (AvgIpc) is 3.09. The summed E-state index contributed by atoms with van der Waals surface area (Å²) in [7, 11) is 0. The van der Waals surface area contributed by atoms with Crippen LogP contribution in [-0.2, 0) is 19.1 Å². The first-order chi connectivity index (χ1) is 13.9. The van der Waals surface area contributed by atoms with Gasteiger partial charge in [0, 0.05) is 23.2 Å². The molecule has 6 nitrogen and oxygen atoms in total. The Labute approximate surface area is 177 Å². The molecule has 0 aromatic heterocycles. The van der Waals surface area contributed by atoms with Crippen molar-refractivity contribution in [3.8, 4) is 0 Å². The molecule has 0 amide bonds. The number of rotatable bonds is 1. The van der Waals surface area contributed by atoms with E-state index in [1.165, 1.54) is 0 Å². The fourth-order valence-corrected chi connectivity index (χ4v) is 8.00. The van der Waals surface area contributed by atoms with Crippen molar-refractivity contribution in [2.24, 2.45) is 28.6 Å². The van der Waals surface area contributed by atoms with E-state index < -0.39 is 35.0 Å². The molecular formula is C24H32O6. The maximum Gasteiger partial charge on any atom is 0.336 e. The zero-order valence-electron chi connectivity index (χ0n) is 18.2. The van der Waals surface area contributed by atoms with Crippen LogP contribution in [0.2, 0.25) is 0 Å². The molecular weight excluding hydrogens is 384 g/mol. The maximum absolute atomic E-state index is 12.2. The molecule has 1 spiro atoms. The second-order valence-corrected chi connectivity index (χ2v) is 11.0. The molecule has 1 saturated heterocycles. The summed E-state index contributed by atoms with van der Waals surface area (Å²) < 4.78 is 12.3. The summed E-state index contributed by atoms with van der Waals surface area (Å²) in [6, 6.07) is 0. The number of ketones is 1. The van der Waals surface area contributed by atoms with Crippen molar-refractivity contribution in [2.75, 3.05) is 0 Å². The first-order valence-corrected chi connectivity index (χ1v) is 11.1. The Hall–Kier alpha value is -1.50. The first kappa shape index (κ1) is 20.4. The molecule has 2 N–H and O–H groups in total. The van der Waals surface area contributed by atoms with Gasteiger partial charge in [0.25, 0.3) is 0 Å². The lowest BCUT2D eigenvalue weighted by atomic mass is 9.46. The third-order valence-corrected chi connectivity index (χ3v) is 9.12. The van der Waals surface area contributed by atoms with E-state index in [1.807, 2.05) is 6.08 Å². The van der Waals surface area contributed by atoms with Gasteiger partial charge in [0.05, 0.1) is 6.10 Å². The predicted molar refractivity (Wildman–Crippen MR) is 108 cm³/mol. The molecule has 6 unspecified atom stereocenters. The van der Waals surface area contributed by atoms with E-state index in [4.69, 9.17) is 9.47 Å². The third kappa shape index (κ3) is 2.41. The fourth-order valence-electron chi connectivity index (χ4n) is 8.00. The van der Waals surface area contributed by atoms with E-state index in [0.717, 1.165) is 18.4 Å². The summed E-state index contributed by atoms with van der Waals surface area (Å²) in [6.45, 7) is 7.80. The van der Waals surface area contributed by atoms with Crippen molar-refractivity contribution in [1.82, 2.24) is 0 Å². The number of allylic oxidation sites excluding steroid dienone is 4. The zero-order chi connectivity index (χ0) is 21.7. The number of aliphatic hydroxyl groups excluding tert-OH is 1. The lowest BCUT2D eigenvalue weighted by molar-refractivity contribution is -0.209. The minimum Gasteiger partial charge on any atom is -0.479 e. The Balaban J connectivity index is 1.58. The van der Waals surface area contributed by atoms with Gasteiger partial charge in [-0.2, -0.15) is 0 Å². The van der Waals surface area contributed by atoms with Gasteiger partial charge in [-0.3, -0.25) is 4.79 Å². The van der Waals surface area contributed by atoms with Crippen LogP contribution in [0.15, 0.2) is 23.8 Å². The molecule has 4 aliphatic carbocycles. The van der Waals surface area contributed by atoms with Gasteiger partial charge in [0.15, 0.2) is 17.7 Å². The number of ether oxygens (including phenoxy) is 2. The SMILES string of the molecule is CC1(C)O[C@@H](C(=O)O)[C@]2(CCC3C4CC=C5CC(=O)C=CC5(C)C4C(O)CC32C)O1. The maximum atomic E-state index is 12.2. The van der Waals surface area contributed by atoms with Crippen molar-refractivity contribution in [1.29, 1.82) is 0 Å². The normalized spacial score (nSPS) is 51.3. The minimum absolute atomic E-state index is 0.0219. The Bertz CT molecular complexity index is 873. The van der Waals surface area contributed by atoms with Crippen LogP contribution in [0.25, 0.3) is 0 Å². The summed E-state index contributed by atoms with van der Waals surface area (Å²) in [4.78, 5) is 24.2. The Morgan fingerprint density at radius 3 is 2.67 bits per heavy atom. The second kappa shape index (κ2) is 6.05. The van der Waals surface area contributed by atoms with E-state index in [2.05, 4.69) is 19.9 Å². The van der Waals surface area contributed by atoms with Gasteiger partial charge in [0.1, 0.15) is 5.60 Å². The van der Waals surface area contributed by atoms with Crippen molar-refractivity contribution >= 4 is 11.8 Å². The van der Waals surface area contributed by atoms with E-state index in [9.17, 15) is 19.8 Å². The molecule has 0 aromatic carbocycles. The molecule has 1 heterocycles. The average molecular weight is 417 g/mol. The highest BCUT2D eigenvalue weighted by atomic mass is 16.8. The first-order valence-electron chi connectivity index (χ1n) is 11.1. The van der Waals surface area contributed by atoms with Crippen LogP contribution in [0, 0.1) is 28.6 Å². The molecule has 30 heavy (non-hydrogen) atoms. The highest BCUT2D eigenvalue weighted by Crippen LogP contribution is 2.69. The van der Waals surface area contributed by atoms with Crippen LogP contribution in [0.3, 0.4) is 0 Å². The highest BCUT2D eigenvalue weighted by molar-refractivity contribution is 5.93.